The van der Waals surface area contributed by atoms with Crippen LogP contribution in [0.25, 0.3) is 22.2 Å². The molecule has 146 valence electrons. The molecule has 0 radical (unpaired) electrons. The zero-order chi connectivity index (χ0) is 19.7. The van der Waals surface area contributed by atoms with E-state index in [-0.39, 0.29) is 11.4 Å². The minimum Gasteiger partial charge on any atom is -0.339 e. The molecule has 0 saturated carbocycles. The second kappa shape index (κ2) is 7.38. The van der Waals surface area contributed by atoms with Gasteiger partial charge in [0.1, 0.15) is 0 Å². The Labute approximate surface area is 166 Å². The van der Waals surface area contributed by atoms with Gasteiger partial charge in [0.2, 0.25) is 0 Å². The van der Waals surface area contributed by atoms with E-state index in [0.717, 1.165) is 53.7 Å². The van der Waals surface area contributed by atoms with Gasteiger partial charge in [-0.05, 0) is 45.7 Å². The first-order valence-corrected chi connectivity index (χ1v) is 10.2. The summed E-state index contributed by atoms with van der Waals surface area (Å²) in [6, 6.07) is 9.86. The number of likely N-dealkylation sites (tertiary alicyclic amines) is 1. The van der Waals surface area contributed by atoms with Gasteiger partial charge in [0.15, 0.2) is 0 Å². The van der Waals surface area contributed by atoms with Crippen LogP contribution in [0.5, 0.6) is 0 Å². The van der Waals surface area contributed by atoms with E-state index in [0.29, 0.717) is 0 Å². The Kier molecular flexibility index (Phi) is 4.92. The summed E-state index contributed by atoms with van der Waals surface area (Å²) in [7, 11) is 0. The minimum absolute atomic E-state index is 0.0974. The first-order chi connectivity index (χ1) is 13.4. The summed E-state index contributed by atoms with van der Waals surface area (Å²) >= 11 is 0. The number of fused-ring (bicyclic) bond motifs is 1. The number of nitrogens with zero attached hydrogens (tertiary/aromatic N) is 4. The third-order valence-corrected chi connectivity index (χ3v) is 5.41. The van der Waals surface area contributed by atoms with Gasteiger partial charge in [0.25, 0.3) is 5.91 Å². The Bertz CT molecular complexity index is 991. The zero-order valence-corrected chi connectivity index (χ0v) is 17.0. The van der Waals surface area contributed by atoms with Crippen LogP contribution in [0, 0.1) is 0 Å². The standard InChI is InChI=1S/C23H28N4O/c1-23(2,3)27-16-17(15-24-27)21-14-19(18-10-6-7-11-20(18)25-21)22(28)26-12-8-4-5-9-13-26/h6-7,10-11,14-16H,4-5,8-9,12-13H2,1-3H3. The van der Waals surface area contributed by atoms with E-state index in [1.54, 1.807) is 0 Å². The van der Waals surface area contributed by atoms with Gasteiger partial charge in [-0.25, -0.2) is 4.98 Å². The largest absolute Gasteiger partial charge is 0.339 e. The molecule has 3 aromatic rings. The highest BCUT2D eigenvalue weighted by Crippen LogP contribution is 2.27. The van der Waals surface area contributed by atoms with Crippen LogP contribution in [0.1, 0.15) is 56.8 Å². The van der Waals surface area contributed by atoms with E-state index in [9.17, 15) is 4.79 Å². The van der Waals surface area contributed by atoms with E-state index in [1.807, 2.05) is 52.3 Å². The maximum Gasteiger partial charge on any atom is 0.254 e. The average Bonchev–Trinajstić information content (AvgIpc) is 3.04. The number of hydrogen-bond donors (Lipinski definition) is 0. The monoisotopic (exact) mass is 376 g/mol. The fraction of sp³-hybridized carbons (Fsp3) is 0.435. The third kappa shape index (κ3) is 3.66. The number of rotatable bonds is 2. The van der Waals surface area contributed by atoms with Crippen LogP contribution in [0.3, 0.4) is 0 Å². The summed E-state index contributed by atoms with van der Waals surface area (Å²) in [5.41, 5.74) is 3.23. The van der Waals surface area contributed by atoms with E-state index in [4.69, 9.17) is 4.98 Å². The third-order valence-electron chi connectivity index (χ3n) is 5.41. The lowest BCUT2D eigenvalue weighted by molar-refractivity contribution is 0.0763. The SMILES string of the molecule is CC(C)(C)n1cc(-c2cc(C(=O)N3CCCCCC3)c3ccccc3n2)cn1. The molecule has 1 saturated heterocycles. The molecule has 0 unspecified atom stereocenters. The Balaban J connectivity index is 1.79. The van der Waals surface area contributed by atoms with Crippen molar-refractivity contribution in [2.24, 2.45) is 0 Å². The van der Waals surface area contributed by atoms with Crippen LogP contribution in [0.2, 0.25) is 0 Å². The maximum atomic E-state index is 13.4. The van der Waals surface area contributed by atoms with Crippen molar-refractivity contribution in [3.8, 4) is 11.3 Å². The number of hydrogen-bond acceptors (Lipinski definition) is 3. The average molecular weight is 377 g/mol. The molecule has 28 heavy (non-hydrogen) atoms. The molecule has 0 N–H and O–H groups in total. The van der Waals surface area contributed by atoms with Crippen molar-refractivity contribution in [1.29, 1.82) is 0 Å². The topological polar surface area (TPSA) is 51.0 Å². The molecule has 0 aliphatic carbocycles. The fourth-order valence-corrected chi connectivity index (χ4v) is 3.77. The Hall–Kier alpha value is -2.69. The molecule has 5 nitrogen and oxygen atoms in total. The molecule has 4 rings (SSSR count). The van der Waals surface area contributed by atoms with Gasteiger partial charge in [-0.3, -0.25) is 9.48 Å². The summed E-state index contributed by atoms with van der Waals surface area (Å²) < 4.78 is 1.94. The molecule has 1 aromatic carbocycles. The molecule has 0 spiro atoms. The lowest BCUT2D eigenvalue weighted by Crippen LogP contribution is -2.32. The summed E-state index contributed by atoms with van der Waals surface area (Å²) in [6.07, 6.45) is 8.43. The lowest BCUT2D eigenvalue weighted by atomic mass is 10.0. The van der Waals surface area contributed by atoms with E-state index in [1.165, 1.54) is 12.8 Å². The van der Waals surface area contributed by atoms with Crippen molar-refractivity contribution in [1.82, 2.24) is 19.7 Å². The number of para-hydroxylation sites is 1. The quantitative estimate of drug-likeness (QED) is 0.641. The fourth-order valence-electron chi connectivity index (χ4n) is 3.77. The van der Waals surface area contributed by atoms with Crippen molar-refractivity contribution in [3.63, 3.8) is 0 Å². The molecule has 2 aromatic heterocycles. The normalized spacial score (nSPS) is 15.6. The highest BCUT2D eigenvalue weighted by molar-refractivity contribution is 6.07. The van der Waals surface area contributed by atoms with Crippen molar-refractivity contribution in [2.45, 2.75) is 52.0 Å². The smallest absolute Gasteiger partial charge is 0.254 e. The first-order valence-electron chi connectivity index (χ1n) is 10.2. The van der Waals surface area contributed by atoms with Crippen LogP contribution in [0.15, 0.2) is 42.7 Å². The van der Waals surface area contributed by atoms with Crippen LogP contribution in [0.4, 0.5) is 0 Å². The van der Waals surface area contributed by atoms with Crippen molar-refractivity contribution < 1.29 is 4.79 Å². The highest BCUT2D eigenvalue weighted by atomic mass is 16.2. The van der Waals surface area contributed by atoms with Crippen LogP contribution < -0.4 is 0 Å². The molecule has 1 aliphatic heterocycles. The van der Waals surface area contributed by atoms with E-state index < -0.39 is 0 Å². The lowest BCUT2D eigenvalue weighted by Gasteiger charge is -2.21. The molecule has 0 atom stereocenters. The van der Waals surface area contributed by atoms with Crippen molar-refractivity contribution in [2.75, 3.05) is 13.1 Å². The summed E-state index contributed by atoms with van der Waals surface area (Å²) in [6.45, 7) is 8.03. The number of pyridine rings is 1. The Morgan fingerprint density at radius 2 is 1.75 bits per heavy atom. The maximum absolute atomic E-state index is 13.4. The predicted octanol–water partition coefficient (Wildman–Crippen LogP) is 4.87. The van der Waals surface area contributed by atoms with E-state index >= 15 is 0 Å². The number of carbonyl (C=O) groups excluding carboxylic acids is 1. The van der Waals surface area contributed by atoms with Gasteiger partial charge < -0.3 is 4.90 Å². The molecule has 5 heteroatoms. The molecular formula is C23H28N4O. The Morgan fingerprint density at radius 1 is 1.04 bits per heavy atom. The Morgan fingerprint density at radius 3 is 2.43 bits per heavy atom. The number of carbonyl (C=O) groups is 1. The molecule has 1 fully saturated rings. The molecule has 1 amide bonds. The number of amides is 1. The number of aromatic nitrogens is 3. The molecule has 1 aliphatic rings. The van der Waals surface area contributed by atoms with Crippen LogP contribution in [-0.2, 0) is 5.54 Å². The number of benzene rings is 1. The van der Waals surface area contributed by atoms with Gasteiger partial charge in [0, 0.05) is 30.2 Å². The summed E-state index contributed by atoms with van der Waals surface area (Å²) in [4.78, 5) is 20.2. The van der Waals surface area contributed by atoms with Gasteiger partial charge in [-0.1, -0.05) is 31.0 Å². The molecule has 0 bridgehead atoms. The van der Waals surface area contributed by atoms with Crippen LogP contribution >= 0.6 is 0 Å². The van der Waals surface area contributed by atoms with Crippen LogP contribution in [-0.4, -0.2) is 38.7 Å². The highest BCUT2D eigenvalue weighted by Gasteiger charge is 2.22. The van der Waals surface area contributed by atoms with Gasteiger partial charge in [-0.15, -0.1) is 0 Å². The van der Waals surface area contributed by atoms with Crippen molar-refractivity contribution >= 4 is 16.8 Å². The van der Waals surface area contributed by atoms with Gasteiger partial charge >= 0.3 is 0 Å². The van der Waals surface area contributed by atoms with Crippen molar-refractivity contribution in [3.05, 3.63) is 48.3 Å². The predicted molar refractivity (Wildman–Crippen MR) is 112 cm³/mol. The minimum atomic E-state index is -0.0974. The van der Waals surface area contributed by atoms with E-state index in [2.05, 4.69) is 25.9 Å². The van der Waals surface area contributed by atoms with Gasteiger partial charge in [0.05, 0.1) is 28.5 Å². The molecular weight excluding hydrogens is 348 g/mol. The summed E-state index contributed by atoms with van der Waals surface area (Å²) in [5.74, 6) is 0.116. The second-order valence-corrected chi connectivity index (χ2v) is 8.62. The summed E-state index contributed by atoms with van der Waals surface area (Å²) in [5, 5.41) is 5.42. The zero-order valence-electron chi connectivity index (χ0n) is 17.0. The first kappa shape index (κ1) is 18.7. The molecule has 3 heterocycles. The van der Waals surface area contributed by atoms with Gasteiger partial charge in [-0.2, -0.15) is 5.10 Å². The second-order valence-electron chi connectivity index (χ2n) is 8.62.